The van der Waals surface area contributed by atoms with Crippen molar-refractivity contribution in [2.45, 2.75) is 25.8 Å². The van der Waals surface area contributed by atoms with Crippen molar-refractivity contribution < 1.29 is 14.7 Å². The van der Waals surface area contributed by atoms with E-state index in [-0.39, 0.29) is 0 Å². The summed E-state index contributed by atoms with van der Waals surface area (Å²) in [5, 5.41) is 22.6. The molecule has 1 aromatic carbocycles. The first-order valence-electron chi connectivity index (χ1n) is 5.88. The van der Waals surface area contributed by atoms with Gasteiger partial charge in [0.15, 0.2) is 0 Å². The Balaban J connectivity index is 2.69. The number of para-hydroxylation sites is 1. The second kappa shape index (κ2) is 7.01. The van der Waals surface area contributed by atoms with Gasteiger partial charge in [-0.3, -0.25) is 0 Å². The number of carboxylic acids is 1. The Kier molecular flexibility index (Phi) is 5.35. The van der Waals surface area contributed by atoms with Crippen molar-refractivity contribution in [1.29, 1.82) is 5.26 Å². The van der Waals surface area contributed by atoms with Crippen molar-refractivity contribution in [3.8, 4) is 6.07 Å². The molecule has 1 rings (SSSR count). The fraction of sp³-hybridized carbons (Fsp3) is 0.308. The van der Waals surface area contributed by atoms with Gasteiger partial charge >= 0.3 is 12.0 Å². The lowest BCUT2D eigenvalue weighted by molar-refractivity contribution is -0.139. The van der Waals surface area contributed by atoms with Crippen LogP contribution in [-0.4, -0.2) is 23.1 Å². The molecule has 0 unspecified atom stereocenters. The van der Waals surface area contributed by atoms with Crippen LogP contribution in [0.2, 0.25) is 0 Å². The van der Waals surface area contributed by atoms with Crippen molar-refractivity contribution in [3.63, 3.8) is 0 Å². The Morgan fingerprint density at radius 2 is 2.11 bits per heavy atom. The Bertz CT molecular complexity index is 508. The molecular weight excluding hydrogens is 246 g/mol. The monoisotopic (exact) mass is 261 g/mol. The van der Waals surface area contributed by atoms with Crippen LogP contribution in [0.1, 0.15) is 25.3 Å². The van der Waals surface area contributed by atoms with E-state index >= 15 is 0 Å². The Morgan fingerprint density at radius 1 is 1.42 bits per heavy atom. The standard InChI is InChI=1S/C13H15N3O3/c1-2-5-11(12(17)18)16-13(19)15-10-7-4-3-6-9(10)8-14/h3-4,6-7,11H,2,5H2,1H3,(H,17,18)(H2,15,16,19)/t11-/m0/s1. The predicted octanol–water partition coefficient (Wildman–Crippen LogP) is 1.93. The van der Waals surface area contributed by atoms with Crippen LogP contribution in [0.15, 0.2) is 24.3 Å². The molecule has 0 saturated heterocycles. The van der Waals surface area contributed by atoms with Crippen LogP contribution >= 0.6 is 0 Å². The van der Waals surface area contributed by atoms with Crippen molar-refractivity contribution in [1.82, 2.24) is 5.32 Å². The van der Waals surface area contributed by atoms with Gasteiger partial charge in [-0.15, -0.1) is 0 Å². The summed E-state index contributed by atoms with van der Waals surface area (Å²) in [5.74, 6) is -1.08. The van der Waals surface area contributed by atoms with E-state index in [9.17, 15) is 9.59 Å². The first-order chi connectivity index (χ1) is 9.08. The minimum Gasteiger partial charge on any atom is -0.480 e. The number of aliphatic carboxylic acids is 1. The first-order valence-corrected chi connectivity index (χ1v) is 5.88. The number of urea groups is 1. The summed E-state index contributed by atoms with van der Waals surface area (Å²) < 4.78 is 0. The number of nitrogens with one attached hydrogen (secondary N) is 2. The molecule has 3 N–H and O–H groups in total. The molecule has 0 fully saturated rings. The molecule has 0 bridgehead atoms. The Morgan fingerprint density at radius 3 is 2.68 bits per heavy atom. The summed E-state index contributed by atoms with van der Waals surface area (Å²) in [6, 6.07) is 6.88. The summed E-state index contributed by atoms with van der Waals surface area (Å²) in [5.41, 5.74) is 0.670. The number of hydrogen-bond acceptors (Lipinski definition) is 3. The molecule has 0 aliphatic heterocycles. The number of carbonyl (C=O) groups is 2. The van der Waals surface area contributed by atoms with E-state index in [4.69, 9.17) is 10.4 Å². The van der Waals surface area contributed by atoms with Crippen molar-refractivity contribution in [3.05, 3.63) is 29.8 Å². The number of nitriles is 1. The zero-order valence-corrected chi connectivity index (χ0v) is 10.5. The molecular formula is C13H15N3O3. The minimum atomic E-state index is -1.08. The molecule has 19 heavy (non-hydrogen) atoms. The van der Waals surface area contributed by atoms with Crippen LogP contribution in [0.5, 0.6) is 0 Å². The third-order valence-corrected chi connectivity index (χ3v) is 2.48. The number of anilines is 1. The molecule has 6 heteroatoms. The van der Waals surface area contributed by atoms with Gasteiger partial charge in [-0.05, 0) is 18.6 Å². The fourth-order valence-electron chi connectivity index (χ4n) is 1.55. The van der Waals surface area contributed by atoms with Gasteiger partial charge in [0.25, 0.3) is 0 Å². The summed E-state index contributed by atoms with van der Waals surface area (Å²) in [6.07, 6.45) is 0.995. The van der Waals surface area contributed by atoms with Gasteiger partial charge < -0.3 is 15.7 Å². The molecule has 0 spiro atoms. The maximum absolute atomic E-state index is 11.7. The van der Waals surface area contributed by atoms with Crippen molar-refractivity contribution >= 4 is 17.7 Å². The van der Waals surface area contributed by atoms with Gasteiger partial charge in [0, 0.05) is 0 Å². The van der Waals surface area contributed by atoms with E-state index in [1.165, 1.54) is 0 Å². The van der Waals surface area contributed by atoms with Gasteiger partial charge in [-0.1, -0.05) is 25.5 Å². The predicted molar refractivity (Wildman–Crippen MR) is 69.6 cm³/mol. The quantitative estimate of drug-likeness (QED) is 0.753. The minimum absolute atomic E-state index is 0.319. The second-order valence-electron chi connectivity index (χ2n) is 3.94. The van der Waals surface area contributed by atoms with Gasteiger partial charge in [0.2, 0.25) is 0 Å². The van der Waals surface area contributed by atoms with Crippen LogP contribution < -0.4 is 10.6 Å². The highest BCUT2D eigenvalue weighted by atomic mass is 16.4. The van der Waals surface area contributed by atoms with Crippen LogP contribution in [0.4, 0.5) is 10.5 Å². The van der Waals surface area contributed by atoms with E-state index in [2.05, 4.69) is 10.6 Å². The van der Waals surface area contributed by atoms with Gasteiger partial charge in [0.1, 0.15) is 12.1 Å². The second-order valence-corrected chi connectivity index (χ2v) is 3.94. The van der Waals surface area contributed by atoms with Crippen molar-refractivity contribution in [2.75, 3.05) is 5.32 Å². The number of hydrogen-bond donors (Lipinski definition) is 3. The highest BCUT2D eigenvalue weighted by Gasteiger charge is 2.19. The Hall–Kier alpha value is -2.55. The van der Waals surface area contributed by atoms with Crippen LogP contribution in [0, 0.1) is 11.3 Å². The highest BCUT2D eigenvalue weighted by Crippen LogP contribution is 2.13. The van der Waals surface area contributed by atoms with Crippen LogP contribution in [0.3, 0.4) is 0 Å². The number of carboxylic acid groups (broad SMARTS) is 1. The molecule has 6 nitrogen and oxygen atoms in total. The molecule has 0 radical (unpaired) electrons. The average molecular weight is 261 g/mol. The third-order valence-electron chi connectivity index (χ3n) is 2.48. The average Bonchev–Trinajstić information content (AvgIpc) is 2.38. The molecule has 1 atom stereocenters. The smallest absolute Gasteiger partial charge is 0.326 e. The molecule has 0 aromatic heterocycles. The van der Waals surface area contributed by atoms with E-state index < -0.39 is 18.0 Å². The molecule has 1 aromatic rings. The largest absolute Gasteiger partial charge is 0.480 e. The van der Waals surface area contributed by atoms with E-state index in [0.717, 1.165) is 0 Å². The third kappa shape index (κ3) is 4.32. The van der Waals surface area contributed by atoms with E-state index in [1.807, 2.05) is 13.0 Å². The molecule has 2 amide bonds. The first kappa shape index (κ1) is 14.5. The maximum Gasteiger partial charge on any atom is 0.326 e. The number of carbonyl (C=O) groups excluding carboxylic acids is 1. The molecule has 100 valence electrons. The summed E-state index contributed by atoms with van der Waals surface area (Å²) in [7, 11) is 0. The summed E-state index contributed by atoms with van der Waals surface area (Å²) in [4.78, 5) is 22.6. The van der Waals surface area contributed by atoms with Gasteiger partial charge in [-0.2, -0.15) is 5.26 Å². The Labute approximate surface area is 111 Å². The zero-order chi connectivity index (χ0) is 14.3. The lowest BCUT2D eigenvalue weighted by Gasteiger charge is -2.14. The van der Waals surface area contributed by atoms with Crippen LogP contribution in [-0.2, 0) is 4.79 Å². The molecule has 0 heterocycles. The molecule has 0 saturated carbocycles. The van der Waals surface area contributed by atoms with E-state index in [1.54, 1.807) is 24.3 Å². The highest BCUT2D eigenvalue weighted by molar-refractivity contribution is 5.93. The maximum atomic E-state index is 11.7. The lowest BCUT2D eigenvalue weighted by atomic mass is 10.2. The van der Waals surface area contributed by atoms with Gasteiger partial charge in [0.05, 0.1) is 11.3 Å². The normalized spacial score (nSPS) is 11.2. The van der Waals surface area contributed by atoms with Gasteiger partial charge in [-0.25, -0.2) is 9.59 Å². The number of nitrogens with zero attached hydrogens (tertiary/aromatic N) is 1. The topological polar surface area (TPSA) is 102 Å². The summed E-state index contributed by atoms with van der Waals surface area (Å²) >= 11 is 0. The number of benzene rings is 1. The lowest BCUT2D eigenvalue weighted by Crippen LogP contribution is -2.42. The van der Waals surface area contributed by atoms with Crippen molar-refractivity contribution in [2.24, 2.45) is 0 Å². The molecule has 0 aliphatic carbocycles. The van der Waals surface area contributed by atoms with E-state index in [0.29, 0.717) is 24.1 Å². The van der Waals surface area contributed by atoms with Crippen LogP contribution in [0.25, 0.3) is 0 Å². The zero-order valence-electron chi connectivity index (χ0n) is 10.5. The molecule has 0 aliphatic rings. The summed E-state index contributed by atoms with van der Waals surface area (Å²) in [6.45, 7) is 1.83. The SMILES string of the molecule is CCC[C@H](NC(=O)Nc1ccccc1C#N)C(=O)O. The number of amides is 2. The number of rotatable bonds is 5. The fourth-order valence-corrected chi connectivity index (χ4v) is 1.55.